The van der Waals surface area contributed by atoms with E-state index in [9.17, 15) is 14.4 Å². The summed E-state index contributed by atoms with van der Waals surface area (Å²) < 4.78 is 18.2. The van der Waals surface area contributed by atoms with Crippen LogP contribution in [0.25, 0.3) is 0 Å². The minimum Gasteiger partial charge on any atom is -0.408 e. The largest absolute Gasteiger partial charge is 0.530 e. The van der Waals surface area contributed by atoms with Gasteiger partial charge in [0, 0.05) is 5.56 Å². The number of carbonyl (C=O) groups is 3. The third-order valence-corrected chi connectivity index (χ3v) is 6.63. The average molecular weight is 482 g/mol. The lowest BCUT2D eigenvalue weighted by Crippen LogP contribution is -2.16. The molecule has 5 rings (SSSR count). The molecule has 0 saturated heterocycles. The minimum absolute atomic E-state index is 0.144. The van der Waals surface area contributed by atoms with Crippen LogP contribution < -0.4 is 13.6 Å². The number of para-hydroxylation sites is 2. The standard InChI is InChI=1S/C28H19O6P/c29-17-21-9-2-5-13-24(21)32-35(33-25-14-6-3-10-22(25)18-30)34-26-15-7-11-20-16-19-8-1-4-12-23(19)28(31)27(20)26/h1-15,17-18H,16H2. The first kappa shape index (κ1) is 22.5. The number of benzene rings is 4. The number of carbonyl (C=O) groups excluding carboxylic acids is 3. The van der Waals surface area contributed by atoms with Gasteiger partial charge in [-0.15, -0.1) is 0 Å². The zero-order chi connectivity index (χ0) is 24.2. The number of ketones is 1. The monoisotopic (exact) mass is 482 g/mol. The number of rotatable bonds is 8. The Bertz CT molecular complexity index is 1380. The predicted molar refractivity (Wildman–Crippen MR) is 132 cm³/mol. The van der Waals surface area contributed by atoms with E-state index >= 15 is 0 Å². The van der Waals surface area contributed by atoms with Crippen LogP contribution in [0.15, 0.2) is 91.0 Å². The molecule has 0 aliphatic heterocycles. The van der Waals surface area contributed by atoms with Gasteiger partial charge < -0.3 is 13.6 Å². The van der Waals surface area contributed by atoms with Gasteiger partial charge in [0.15, 0.2) is 18.4 Å². The fraction of sp³-hybridized carbons (Fsp3) is 0.0357. The summed E-state index contributed by atoms with van der Waals surface area (Å²) >= 11 is 0. The highest BCUT2D eigenvalue weighted by Crippen LogP contribution is 2.46. The zero-order valence-corrected chi connectivity index (χ0v) is 19.3. The second-order valence-electron chi connectivity index (χ2n) is 7.76. The third-order valence-electron chi connectivity index (χ3n) is 5.59. The summed E-state index contributed by atoms with van der Waals surface area (Å²) in [7, 11) is -2.20. The summed E-state index contributed by atoms with van der Waals surface area (Å²) in [6.07, 6.45) is 1.94. The Balaban J connectivity index is 1.53. The number of hydrogen-bond donors (Lipinski definition) is 0. The molecule has 0 radical (unpaired) electrons. The van der Waals surface area contributed by atoms with Gasteiger partial charge in [-0.1, -0.05) is 60.7 Å². The summed E-state index contributed by atoms with van der Waals surface area (Å²) in [6, 6.07) is 26.2. The van der Waals surface area contributed by atoms with E-state index in [4.69, 9.17) is 13.6 Å². The molecular formula is C28H19O6P. The molecule has 4 aromatic rings. The molecule has 0 N–H and O–H groups in total. The van der Waals surface area contributed by atoms with Gasteiger partial charge in [-0.2, -0.15) is 0 Å². The maximum Gasteiger partial charge on any atom is 0.530 e. The van der Waals surface area contributed by atoms with E-state index in [2.05, 4.69) is 0 Å². The molecule has 6 nitrogen and oxygen atoms in total. The fourth-order valence-electron chi connectivity index (χ4n) is 3.91. The van der Waals surface area contributed by atoms with Gasteiger partial charge in [0.1, 0.15) is 17.2 Å². The molecule has 4 aromatic carbocycles. The molecule has 0 amide bonds. The molecule has 0 aromatic heterocycles. The molecule has 0 spiro atoms. The summed E-state index contributed by atoms with van der Waals surface area (Å²) in [4.78, 5) is 36.4. The SMILES string of the molecule is O=Cc1ccccc1OP(Oc1ccccc1C=O)Oc1cccc2c1C(=O)c1ccccc1C2. The van der Waals surface area contributed by atoms with Crippen molar-refractivity contribution in [3.8, 4) is 17.2 Å². The van der Waals surface area contributed by atoms with E-state index in [0.29, 0.717) is 47.0 Å². The second-order valence-corrected chi connectivity index (χ2v) is 8.76. The second kappa shape index (κ2) is 9.92. The lowest BCUT2D eigenvalue weighted by atomic mass is 9.85. The van der Waals surface area contributed by atoms with Crippen molar-refractivity contribution in [2.45, 2.75) is 6.42 Å². The van der Waals surface area contributed by atoms with Crippen molar-refractivity contribution in [2.24, 2.45) is 0 Å². The van der Waals surface area contributed by atoms with Crippen LogP contribution in [0.2, 0.25) is 0 Å². The molecular weight excluding hydrogens is 463 g/mol. The predicted octanol–water partition coefficient (Wildman–Crippen LogP) is 6.21. The van der Waals surface area contributed by atoms with Gasteiger partial charge in [0.05, 0.1) is 16.7 Å². The van der Waals surface area contributed by atoms with Gasteiger partial charge in [0.25, 0.3) is 0 Å². The van der Waals surface area contributed by atoms with E-state index in [1.54, 1.807) is 60.7 Å². The van der Waals surface area contributed by atoms with E-state index in [1.807, 2.05) is 30.3 Å². The lowest BCUT2D eigenvalue weighted by molar-refractivity contribution is 0.103. The number of aldehydes is 2. The fourth-order valence-corrected chi connectivity index (χ4v) is 4.99. The normalized spacial score (nSPS) is 11.9. The molecule has 0 unspecified atom stereocenters. The maximum atomic E-state index is 13.4. The highest BCUT2D eigenvalue weighted by Gasteiger charge is 2.30. The van der Waals surface area contributed by atoms with Crippen LogP contribution in [0.4, 0.5) is 0 Å². The van der Waals surface area contributed by atoms with Crippen molar-refractivity contribution >= 4 is 27.0 Å². The smallest absolute Gasteiger partial charge is 0.408 e. The van der Waals surface area contributed by atoms with Gasteiger partial charge in [0.2, 0.25) is 0 Å². The molecule has 1 aliphatic carbocycles. The van der Waals surface area contributed by atoms with E-state index < -0.39 is 8.60 Å². The minimum atomic E-state index is -2.20. The van der Waals surface area contributed by atoms with E-state index in [1.165, 1.54) is 0 Å². The molecule has 172 valence electrons. The molecule has 0 bridgehead atoms. The van der Waals surface area contributed by atoms with Crippen LogP contribution >= 0.6 is 8.60 Å². The summed E-state index contributed by atoms with van der Waals surface area (Å²) in [5, 5.41) is 0. The molecule has 7 heteroatoms. The summed E-state index contributed by atoms with van der Waals surface area (Å²) in [5.41, 5.74) is 3.49. The van der Waals surface area contributed by atoms with Gasteiger partial charge in [-0.05, 0) is 47.9 Å². The molecule has 0 saturated carbocycles. The van der Waals surface area contributed by atoms with Crippen LogP contribution in [-0.2, 0) is 6.42 Å². The van der Waals surface area contributed by atoms with Crippen LogP contribution in [0.5, 0.6) is 17.2 Å². The van der Waals surface area contributed by atoms with Crippen LogP contribution in [0, 0.1) is 0 Å². The van der Waals surface area contributed by atoms with Crippen molar-refractivity contribution < 1.29 is 28.0 Å². The van der Waals surface area contributed by atoms with E-state index in [0.717, 1.165) is 11.1 Å². The molecule has 0 heterocycles. The Labute approximate surface area is 203 Å². The Kier molecular flexibility index (Phi) is 6.38. The quantitative estimate of drug-likeness (QED) is 0.193. The van der Waals surface area contributed by atoms with Gasteiger partial charge >= 0.3 is 8.60 Å². The van der Waals surface area contributed by atoms with Crippen molar-refractivity contribution in [3.05, 3.63) is 124 Å². The van der Waals surface area contributed by atoms with Crippen molar-refractivity contribution in [3.63, 3.8) is 0 Å². The molecule has 0 atom stereocenters. The molecule has 1 aliphatic rings. The molecule has 35 heavy (non-hydrogen) atoms. The Morgan fingerprint density at radius 2 is 1.11 bits per heavy atom. The lowest BCUT2D eigenvalue weighted by Gasteiger charge is -2.23. The first-order chi connectivity index (χ1) is 17.2. The number of fused-ring (bicyclic) bond motifs is 2. The Morgan fingerprint density at radius 1 is 0.600 bits per heavy atom. The van der Waals surface area contributed by atoms with Crippen molar-refractivity contribution in [1.29, 1.82) is 0 Å². The first-order valence-electron chi connectivity index (χ1n) is 10.8. The highest BCUT2D eigenvalue weighted by molar-refractivity contribution is 7.43. The van der Waals surface area contributed by atoms with E-state index in [-0.39, 0.29) is 17.3 Å². The molecule has 0 fully saturated rings. The summed E-state index contributed by atoms with van der Waals surface area (Å²) in [5.74, 6) is 0.687. The zero-order valence-electron chi connectivity index (χ0n) is 18.4. The first-order valence-corrected chi connectivity index (χ1v) is 11.9. The van der Waals surface area contributed by atoms with Crippen molar-refractivity contribution in [2.75, 3.05) is 0 Å². The Hall–Kier alpha value is -4.28. The van der Waals surface area contributed by atoms with Crippen LogP contribution in [-0.4, -0.2) is 18.4 Å². The third kappa shape index (κ3) is 4.57. The van der Waals surface area contributed by atoms with Gasteiger partial charge in [-0.25, -0.2) is 0 Å². The van der Waals surface area contributed by atoms with Gasteiger partial charge in [-0.3, -0.25) is 14.4 Å². The maximum absolute atomic E-state index is 13.4. The number of hydrogen-bond acceptors (Lipinski definition) is 6. The van der Waals surface area contributed by atoms with Crippen LogP contribution in [0.3, 0.4) is 0 Å². The average Bonchev–Trinajstić information content (AvgIpc) is 2.89. The summed E-state index contributed by atoms with van der Waals surface area (Å²) in [6.45, 7) is 0. The van der Waals surface area contributed by atoms with Crippen molar-refractivity contribution in [1.82, 2.24) is 0 Å². The topological polar surface area (TPSA) is 78.9 Å². The Morgan fingerprint density at radius 3 is 1.77 bits per heavy atom. The highest BCUT2D eigenvalue weighted by atomic mass is 31.2. The van der Waals surface area contributed by atoms with Crippen LogP contribution in [0.1, 0.15) is 47.8 Å².